The number of hydrogen-bond acceptors (Lipinski definition) is 3. The first-order chi connectivity index (χ1) is 11.6. The molecule has 0 aliphatic carbocycles. The summed E-state index contributed by atoms with van der Waals surface area (Å²) in [7, 11) is 0. The number of piperazine rings is 1. The lowest BCUT2D eigenvalue weighted by Crippen LogP contribution is -2.50. The van der Waals surface area contributed by atoms with Crippen LogP contribution < -0.4 is 9.64 Å². The fraction of sp³-hybridized carbons (Fsp3) is 0.278. The Kier molecular flexibility index (Phi) is 5.48. The number of para-hydroxylation sites is 2. The molecule has 24 heavy (non-hydrogen) atoms. The molecule has 0 spiro atoms. The molecule has 0 radical (unpaired) electrons. The molecule has 3 rings (SSSR count). The van der Waals surface area contributed by atoms with Crippen LogP contribution in [0.2, 0.25) is 10.0 Å². The standard InChI is InChI=1S/C18H18Cl2N2O2/c19-14-5-1-3-7-16(14)21-9-11-22(12-10-21)18(23)13-24-17-8-4-2-6-15(17)20/h1-8H,9-13H2. The Morgan fingerprint density at radius 2 is 1.54 bits per heavy atom. The first-order valence-electron chi connectivity index (χ1n) is 7.80. The van der Waals surface area contributed by atoms with Crippen LogP contribution in [0, 0.1) is 0 Å². The molecule has 1 fully saturated rings. The van der Waals surface area contributed by atoms with Crippen molar-refractivity contribution >= 4 is 34.8 Å². The monoisotopic (exact) mass is 364 g/mol. The predicted molar refractivity (Wildman–Crippen MR) is 97.2 cm³/mol. The quantitative estimate of drug-likeness (QED) is 0.828. The fourth-order valence-corrected chi connectivity index (χ4v) is 3.14. The summed E-state index contributed by atoms with van der Waals surface area (Å²) in [6.45, 7) is 2.80. The molecule has 126 valence electrons. The highest BCUT2D eigenvalue weighted by Crippen LogP contribution is 2.26. The zero-order chi connectivity index (χ0) is 16.9. The van der Waals surface area contributed by atoms with E-state index in [2.05, 4.69) is 4.90 Å². The molecule has 0 unspecified atom stereocenters. The third kappa shape index (κ3) is 3.94. The van der Waals surface area contributed by atoms with Crippen molar-refractivity contribution < 1.29 is 9.53 Å². The minimum atomic E-state index is -0.0336. The molecule has 0 atom stereocenters. The summed E-state index contributed by atoms with van der Waals surface area (Å²) in [6, 6.07) is 14.9. The zero-order valence-corrected chi connectivity index (χ0v) is 14.6. The van der Waals surface area contributed by atoms with Gasteiger partial charge in [-0.25, -0.2) is 0 Å². The molecule has 6 heteroatoms. The second-order valence-electron chi connectivity index (χ2n) is 5.54. The molecule has 2 aromatic carbocycles. The number of carbonyl (C=O) groups excluding carboxylic acids is 1. The van der Waals surface area contributed by atoms with Crippen LogP contribution >= 0.6 is 23.2 Å². The molecule has 1 heterocycles. The first-order valence-corrected chi connectivity index (χ1v) is 8.55. The van der Waals surface area contributed by atoms with Crippen LogP contribution in [0.5, 0.6) is 5.75 Å². The molecule has 1 saturated heterocycles. The SMILES string of the molecule is O=C(COc1ccccc1Cl)N1CCN(c2ccccc2Cl)CC1. The van der Waals surface area contributed by atoms with Crippen molar-refractivity contribution in [3.63, 3.8) is 0 Å². The number of hydrogen-bond donors (Lipinski definition) is 0. The largest absolute Gasteiger partial charge is 0.482 e. The minimum Gasteiger partial charge on any atom is -0.482 e. The number of halogens is 2. The number of amides is 1. The topological polar surface area (TPSA) is 32.8 Å². The lowest BCUT2D eigenvalue weighted by Gasteiger charge is -2.36. The van der Waals surface area contributed by atoms with Crippen LogP contribution in [-0.2, 0) is 4.79 Å². The molecule has 0 bridgehead atoms. The number of rotatable bonds is 4. The minimum absolute atomic E-state index is 0.00414. The normalized spacial score (nSPS) is 14.6. The van der Waals surface area contributed by atoms with Crippen LogP contribution in [0.15, 0.2) is 48.5 Å². The van der Waals surface area contributed by atoms with Gasteiger partial charge < -0.3 is 14.5 Å². The first kappa shape index (κ1) is 16.9. The zero-order valence-electron chi connectivity index (χ0n) is 13.1. The lowest BCUT2D eigenvalue weighted by atomic mass is 10.2. The van der Waals surface area contributed by atoms with Gasteiger partial charge in [0.2, 0.25) is 0 Å². The van der Waals surface area contributed by atoms with Crippen molar-refractivity contribution in [2.24, 2.45) is 0 Å². The van der Waals surface area contributed by atoms with Crippen LogP contribution in [0.4, 0.5) is 5.69 Å². The van der Waals surface area contributed by atoms with Gasteiger partial charge in [-0.15, -0.1) is 0 Å². The van der Waals surface area contributed by atoms with Crippen LogP contribution in [0.25, 0.3) is 0 Å². The van der Waals surface area contributed by atoms with E-state index in [4.69, 9.17) is 27.9 Å². The molecule has 0 N–H and O–H groups in total. The number of anilines is 1. The van der Waals surface area contributed by atoms with E-state index in [1.54, 1.807) is 12.1 Å². The van der Waals surface area contributed by atoms with Gasteiger partial charge in [-0.2, -0.15) is 0 Å². The summed E-state index contributed by atoms with van der Waals surface area (Å²) in [5.41, 5.74) is 1.01. The van der Waals surface area contributed by atoms with Gasteiger partial charge in [0.1, 0.15) is 5.75 Å². The summed E-state index contributed by atoms with van der Waals surface area (Å²) < 4.78 is 5.52. The maximum absolute atomic E-state index is 12.3. The molecule has 4 nitrogen and oxygen atoms in total. The van der Waals surface area contributed by atoms with Gasteiger partial charge in [-0.05, 0) is 24.3 Å². The van der Waals surface area contributed by atoms with Crippen molar-refractivity contribution in [2.45, 2.75) is 0 Å². The Morgan fingerprint density at radius 3 is 2.21 bits per heavy atom. The maximum Gasteiger partial charge on any atom is 0.260 e. The third-order valence-corrected chi connectivity index (χ3v) is 4.65. The predicted octanol–water partition coefficient (Wildman–Crippen LogP) is 3.72. The van der Waals surface area contributed by atoms with E-state index in [1.807, 2.05) is 41.3 Å². The van der Waals surface area contributed by atoms with Crippen LogP contribution in [-0.4, -0.2) is 43.6 Å². The van der Waals surface area contributed by atoms with Crippen molar-refractivity contribution in [1.82, 2.24) is 4.90 Å². The smallest absolute Gasteiger partial charge is 0.260 e. The van der Waals surface area contributed by atoms with Gasteiger partial charge in [-0.1, -0.05) is 47.5 Å². The average molecular weight is 365 g/mol. The van der Waals surface area contributed by atoms with E-state index < -0.39 is 0 Å². The highest BCUT2D eigenvalue weighted by molar-refractivity contribution is 6.33. The van der Waals surface area contributed by atoms with Gasteiger partial charge in [-0.3, -0.25) is 4.79 Å². The third-order valence-electron chi connectivity index (χ3n) is 4.01. The Balaban J connectivity index is 1.52. The highest BCUT2D eigenvalue weighted by Gasteiger charge is 2.22. The number of nitrogens with zero attached hydrogens (tertiary/aromatic N) is 2. The second-order valence-corrected chi connectivity index (χ2v) is 6.35. The van der Waals surface area contributed by atoms with E-state index >= 15 is 0 Å². The van der Waals surface area contributed by atoms with E-state index in [9.17, 15) is 4.79 Å². The Morgan fingerprint density at radius 1 is 0.917 bits per heavy atom. The molecule has 1 aliphatic heterocycles. The van der Waals surface area contributed by atoms with Crippen molar-refractivity contribution in [2.75, 3.05) is 37.7 Å². The Bertz CT molecular complexity index is 716. The average Bonchev–Trinajstić information content (AvgIpc) is 2.61. The maximum atomic E-state index is 12.3. The summed E-state index contributed by atoms with van der Waals surface area (Å²) in [6.07, 6.45) is 0. The molecule has 2 aromatic rings. The molecular formula is C18H18Cl2N2O2. The molecule has 1 amide bonds. The van der Waals surface area contributed by atoms with E-state index in [0.717, 1.165) is 23.8 Å². The van der Waals surface area contributed by atoms with E-state index in [0.29, 0.717) is 23.9 Å². The number of ether oxygens (including phenoxy) is 1. The van der Waals surface area contributed by atoms with Gasteiger partial charge in [0, 0.05) is 26.2 Å². The number of carbonyl (C=O) groups is 1. The fourth-order valence-electron chi connectivity index (χ4n) is 2.70. The Labute approximate surface area is 151 Å². The molecule has 0 aromatic heterocycles. The van der Waals surface area contributed by atoms with Gasteiger partial charge in [0.05, 0.1) is 15.7 Å². The summed E-state index contributed by atoms with van der Waals surface area (Å²) in [5, 5.41) is 1.24. The summed E-state index contributed by atoms with van der Waals surface area (Å²) in [4.78, 5) is 16.3. The summed E-state index contributed by atoms with van der Waals surface area (Å²) in [5.74, 6) is 0.496. The van der Waals surface area contributed by atoms with Crippen molar-refractivity contribution in [3.05, 3.63) is 58.6 Å². The molecule has 1 aliphatic rings. The Hall–Kier alpha value is -1.91. The van der Waals surface area contributed by atoms with Gasteiger partial charge in [0.15, 0.2) is 6.61 Å². The van der Waals surface area contributed by atoms with Gasteiger partial charge >= 0.3 is 0 Å². The van der Waals surface area contributed by atoms with E-state index in [1.165, 1.54) is 0 Å². The summed E-state index contributed by atoms with van der Waals surface area (Å²) >= 11 is 12.3. The van der Waals surface area contributed by atoms with Crippen molar-refractivity contribution in [1.29, 1.82) is 0 Å². The van der Waals surface area contributed by atoms with Crippen molar-refractivity contribution in [3.8, 4) is 5.75 Å². The number of benzene rings is 2. The lowest BCUT2D eigenvalue weighted by molar-refractivity contribution is -0.133. The highest BCUT2D eigenvalue weighted by atomic mass is 35.5. The van der Waals surface area contributed by atoms with Crippen LogP contribution in [0.1, 0.15) is 0 Å². The van der Waals surface area contributed by atoms with Gasteiger partial charge in [0.25, 0.3) is 5.91 Å². The van der Waals surface area contributed by atoms with Crippen LogP contribution in [0.3, 0.4) is 0 Å². The molecular weight excluding hydrogens is 347 g/mol. The molecule has 0 saturated carbocycles. The van der Waals surface area contributed by atoms with E-state index in [-0.39, 0.29) is 12.5 Å². The second kappa shape index (κ2) is 7.77.